The summed E-state index contributed by atoms with van der Waals surface area (Å²) >= 11 is 5.02. The topological polar surface area (TPSA) is 83.0 Å². The summed E-state index contributed by atoms with van der Waals surface area (Å²) in [4.78, 5) is 10.5. The molecule has 0 atom stereocenters. The Kier molecular flexibility index (Phi) is 6.90. The van der Waals surface area contributed by atoms with E-state index in [1.807, 2.05) is 6.92 Å². The fraction of sp³-hybridized carbons (Fsp3) is 0.214. The number of ether oxygens (including phenoxy) is 1. The molecule has 7 heteroatoms. The summed E-state index contributed by atoms with van der Waals surface area (Å²) in [7, 11) is 0. The van der Waals surface area contributed by atoms with Gasteiger partial charge in [-0.25, -0.2) is 4.79 Å². The molecule has 0 heterocycles. The smallest absolute Gasteiger partial charge is 0.341 e. The Balaban J connectivity index is 2.57. The molecule has 0 aliphatic rings. The Hall–Kier alpha value is -2.41. The van der Waals surface area contributed by atoms with Crippen molar-refractivity contribution < 1.29 is 14.6 Å². The molecule has 0 aromatic heterocycles. The summed E-state index contributed by atoms with van der Waals surface area (Å²) < 4.78 is 5.16. The van der Waals surface area contributed by atoms with Crippen LogP contribution in [0.5, 0.6) is 5.75 Å². The molecule has 0 aliphatic heterocycles. The first-order valence-corrected chi connectivity index (χ1v) is 6.54. The number of para-hydroxylation sites is 1. The van der Waals surface area contributed by atoms with E-state index < -0.39 is 12.6 Å². The van der Waals surface area contributed by atoms with Gasteiger partial charge in [-0.2, -0.15) is 5.10 Å². The Morgan fingerprint density at radius 1 is 1.52 bits per heavy atom. The maximum atomic E-state index is 10.5. The van der Waals surface area contributed by atoms with Gasteiger partial charge in [0.2, 0.25) is 0 Å². The van der Waals surface area contributed by atoms with Crippen LogP contribution in [0.4, 0.5) is 0 Å². The Bertz CT molecular complexity index is 558. The van der Waals surface area contributed by atoms with Crippen molar-refractivity contribution in [2.24, 2.45) is 5.10 Å². The monoisotopic (exact) mass is 307 g/mol. The molecule has 0 radical (unpaired) electrons. The number of carboxylic acids is 1. The number of nitrogens with one attached hydrogen (secondary N) is 2. The predicted octanol–water partition coefficient (Wildman–Crippen LogP) is 1.52. The molecule has 0 saturated heterocycles. The van der Waals surface area contributed by atoms with E-state index in [0.717, 1.165) is 5.57 Å². The summed E-state index contributed by atoms with van der Waals surface area (Å²) in [5.41, 5.74) is 4.26. The predicted molar refractivity (Wildman–Crippen MR) is 85.7 cm³/mol. The quantitative estimate of drug-likeness (QED) is 0.307. The van der Waals surface area contributed by atoms with Crippen LogP contribution in [0.25, 0.3) is 0 Å². The lowest BCUT2D eigenvalue weighted by molar-refractivity contribution is -0.139. The first-order valence-electron chi connectivity index (χ1n) is 6.14. The van der Waals surface area contributed by atoms with Crippen molar-refractivity contribution in [2.75, 3.05) is 13.2 Å². The molecule has 0 bridgehead atoms. The number of hydrogen-bond donors (Lipinski definition) is 3. The molecule has 0 saturated carbocycles. The van der Waals surface area contributed by atoms with Gasteiger partial charge >= 0.3 is 5.97 Å². The normalized spacial score (nSPS) is 10.1. The molecular formula is C14H17N3O3S. The van der Waals surface area contributed by atoms with Crippen molar-refractivity contribution in [3.05, 3.63) is 42.0 Å². The molecule has 112 valence electrons. The molecule has 0 aliphatic carbocycles. The molecule has 0 fully saturated rings. The Labute approximate surface area is 128 Å². The van der Waals surface area contributed by atoms with Crippen LogP contribution in [0.3, 0.4) is 0 Å². The van der Waals surface area contributed by atoms with Gasteiger partial charge < -0.3 is 15.2 Å². The highest BCUT2D eigenvalue weighted by atomic mass is 32.1. The van der Waals surface area contributed by atoms with E-state index in [-0.39, 0.29) is 0 Å². The molecule has 0 spiro atoms. The second-order valence-corrected chi connectivity index (χ2v) is 4.64. The second kappa shape index (κ2) is 8.70. The molecule has 3 N–H and O–H groups in total. The number of carboxylic acid groups (broad SMARTS) is 1. The fourth-order valence-corrected chi connectivity index (χ4v) is 1.41. The van der Waals surface area contributed by atoms with Crippen molar-refractivity contribution in [3.8, 4) is 5.75 Å². The summed E-state index contributed by atoms with van der Waals surface area (Å²) in [5, 5.41) is 15.9. The second-order valence-electron chi connectivity index (χ2n) is 4.23. The lowest BCUT2D eigenvalue weighted by Crippen LogP contribution is -2.32. The van der Waals surface area contributed by atoms with Crippen LogP contribution in [-0.2, 0) is 4.79 Å². The highest BCUT2D eigenvalue weighted by Crippen LogP contribution is 2.15. The highest BCUT2D eigenvalue weighted by molar-refractivity contribution is 7.80. The first-order chi connectivity index (χ1) is 9.99. The molecule has 6 nitrogen and oxygen atoms in total. The molecule has 0 unspecified atom stereocenters. The van der Waals surface area contributed by atoms with E-state index in [2.05, 4.69) is 22.4 Å². The average molecular weight is 307 g/mol. The van der Waals surface area contributed by atoms with Crippen LogP contribution < -0.4 is 15.5 Å². The lowest BCUT2D eigenvalue weighted by atomic mass is 10.2. The van der Waals surface area contributed by atoms with Gasteiger partial charge in [-0.05, 0) is 31.3 Å². The lowest BCUT2D eigenvalue weighted by Gasteiger charge is -2.07. The summed E-state index contributed by atoms with van der Waals surface area (Å²) in [6.07, 6.45) is 1.51. The van der Waals surface area contributed by atoms with Crippen LogP contribution in [0.1, 0.15) is 12.5 Å². The van der Waals surface area contributed by atoms with E-state index in [1.165, 1.54) is 6.21 Å². The third kappa shape index (κ3) is 7.07. The van der Waals surface area contributed by atoms with E-state index in [4.69, 9.17) is 22.1 Å². The summed E-state index contributed by atoms with van der Waals surface area (Å²) in [6, 6.07) is 6.97. The van der Waals surface area contributed by atoms with Crippen LogP contribution >= 0.6 is 12.2 Å². The number of carbonyl (C=O) groups is 1. The van der Waals surface area contributed by atoms with Crippen molar-refractivity contribution in [1.29, 1.82) is 0 Å². The van der Waals surface area contributed by atoms with Gasteiger partial charge in [-0.3, -0.25) is 5.43 Å². The van der Waals surface area contributed by atoms with Crippen molar-refractivity contribution in [1.82, 2.24) is 10.7 Å². The van der Waals surface area contributed by atoms with Gasteiger partial charge in [0.25, 0.3) is 0 Å². The van der Waals surface area contributed by atoms with E-state index in [0.29, 0.717) is 23.0 Å². The van der Waals surface area contributed by atoms with Crippen molar-refractivity contribution in [3.63, 3.8) is 0 Å². The molecule has 1 aromatic carbocycles. The number of aliphatic carboxylic acids is 1. The summed E-state index contributed by atoms with van der Waals surface area (Å²) in [5.74, 6) is -0.601. The number of thiocarbonyl (C=S) groups is 1. The number of hydrogen-bond acceptors (Lipinski definition) is 4. The van der Waals surface area contributed by atoms with Gasteiger partial charge in [-0.1, -0.05) is 24.3 Å². The van der Waals surface area contributed by atoms with E-state index >= 15 is 0 Å². The molecule has 21 heavy (non-hydrogen) atoms. The number of benzene rings is 1. The van der Waals surface area contributed by atoms with Crippen LogP contribution in [0, 0.1) is 0 Å². The van der Waals surface area contributed by atoms with Crippen LogP contribution in [-0.4, -0.2) is 35.6 Å². The third-order valence-corrected chi connectivity index (χ3v) is 2.43. The number of rotatable bonds is 7. The van der Waals surface area contributed by atoms with Gasteiger partial charge in [0.1, 0.15) is 5.75 Å². The largest absolute Gasteiger partial charge is 0.481 e. The minimum atomic E-state index is -1.04. The first kappa shape index (κ1) is 16.6. The maximum Gasteiger partial charge on any atom is 0.341 e. The van der Waals surface area contributed by atoms with Crippen LogP contribution in [0.15, 0.2) is 41.5 Å². The number of nitrogens with zero attached hydrogens (tertiary/aromatic N) is 1. The molecular weight excluding hydrogens is 290 g/mol. The minimum Gasteiger partial charge on any atom is -0.481 e. The third-order valence-electron chi connectivity index (χ3n) is 2.19. The van der Waals surface area contributed by atoms with E-state index in [1.54, 1.807) is 24.3 Å². The zero-order chi connectivity index (χ0) is 15.7. The number of hydrazone groups is 1. The zero-order valence-corrected chi connectivity index (χ0v) is 12.4. The maximum absolute atomic E-state index is 10.5. The van der Waals surface area contributed by atoms with Gasteiger partial charge in [-0.15, -0.1) is 0 Å². The molecule has 1 rings (SSSR count). The highest BCUT2D eigenvalue weighted by Gasteiger charge is 2.03. The van der Waals surface area contributed by atoms with Gasteiger partial charge in [0, 0.05) is 12.1 Å². The zero-order valence-electron chi connectivity index (χ0n) is 11.6. The summed E-state index contributed by atoms with van der Waals surface area (Å²) in [6.45, 7) is 5.80. The molecule has 0 amide bonds. The fourth-order valence-electron chi connectivity index (χ4n) is 1.29. The van der Waals surface area contributed by atoms with Crippen molar-refractivity contribution in [2.45, 2.75) is 6.92 Å². The van der Waals surface area contributed by atoms with Crippen molar-refractivity contribution >= 4 is 29.5 Å². The standard InChI is InChI=1S/C14H17N3O3S/c1-10(2)7-15-14(21)17-16-8-11-5-3-4-6-12(11)20-9-13(18)19/h3-6,8H,1,7,9H2,2H3,(H,18,19)(H2,15,17,21)/b16-8-. The van der Waals surface area contributed by atoms with Crippen LogP contribution in [0.2, 0.25) is 0 Å². The average Bonchev–Trinajstić information content (AvgIpc) is 2.44. The van der Waals surface area contributed by atoms with Gasteiger partial charge in [0.15, 0.2) is 11.7 Å². The Morgan fingerprint density at radius 3 is 2.90 bits per heavy atom. The Morgan fingerprint density at radius 2 is 2.24 bits per heavy atom. The van der Waals surface area contributed by atoms with E-state index in [9.17, 15) is 4.79 Å². The molecule has 1 aromatic rings. The van der Waals surface area contributed by atoms with Gasteiger partial charge in [0.05, 0.1) is 6.21 Å². The minimum absolute atomic E-state index is 0.373. The SMILES string of the molecule is C=C(C)CNC(=S)N/N=C\c1ccccc1OCC(=O)O.